The van der Waals surface area contributed by atoms with Crippen LogP contribution in [0.3, 0.4) is 0 Å². The maximum Gasteiger partial charge on any atom is 0.352 e. The van der Waals surface area contributed by atoms with Crippen LogP contribution in [0.4, 0.5) is 11.6 Å². The molecule has 0 saturated carbocycles. The molecule has 0 saturated heterocycles. The van der Waals surface area contributed by atoms with Gasteiger partial charge in [-0.1, -0.05) is 0 Å². The Morgan fingerprint density at radius 1 is 1.42 bits per heavy atom. The van der Waals surface area contributed by atoms with Crippen LogP contribution >= 0.6 is 15.9 Å². The Labute approximate surface area is 115 Å². The Morgan fingerprint density at radius 3 is 2.79 bits per heavy atom. The van der Waals surface area contributed by atoms with E-state index in [0.29, 0.717) is 10.2 Å². The van der Waals surface area contributed by atoms with Gasteiger partial charge in [0.15, 0.2) is 0 Å². The van der Waals surface area contributed by atoms with E-state index in [-0.39, 0.29) is 23.2 Å². The topological polar surface area (TPSA) is 117 Å². The Morgan fingerprint density at radius 2 is 2.16 bits per heavy atom. The summed E-state index contributed by atoms with van der Waals surface area (Å²) in [6.45, 7) is 1.46. The Kier molecular flexibility index (Phi) is 3.56. The van der Waals surface area contributed by atoms with Crippen LogP contribution in [-0.4, -0.2) is 19.9 Å². The third kappa shape index (κ3) is 2.94. The van der Waals surface area contributed by atoms with Gasteiger partial charge < -0.3 is 10.5 Å². The summed E-state index contributed by atoms with van der Waals surface area (Å²) in [7, 11) is 0. The number of rotatable bonds is 3. The molecule has 0 atom stereocenters. The summed E-state index contributed by atoms with van der Waals surface area (Å²) >= 11 is 3.22. The van der Waals surface area contributed by atoms with E-state index in [1.54, 1.807) is 12.3 Å². The van der Waals surface area contributed by atoms with E-state index < -0.39 is 4.92 Å². The zero-order chi connectivity index (χ0) is 14.0. The molecule has 0 radical (unpaired) electrons. The molecule has 0 fully saturated rings. The van der Waals surface area contributed by atoms with Crippen molar-refractivity contribution in [1.82, 2.24) is 15.0 Å². The van der Waals surface area contributed by atoms with Crippen molar-refractivity contribution in [3.05, 3.63) is 38.7 Å². The molecule has 0 amide bonds. The predicted octanol–water partition coefficient (Wildman–Crippen LogP) is 2.23. The summed E-state index contributed by atoms with van der Waals surface area (Å²) in [5.74, 6) is -0.00840. The maximum atomic E-state index is 11.0. The molecule has 9 heteroatoms. The first-order valence-electron chi connectivity index (χ1n) is 5.04. The third-order valence-corrected chi connectivity index (χ3v) is 2.55. The number of halogens is 1. The van der Waals surface area contributed by atoms with Crippen LogP contribution in [0.2, 0.25) is 0 Å². The second-order valence-electron chi connectivity index (χ2n) is 3.52. The number of hydrogen-bond donors (Lipinski definition) is 1. The summed E-state index contributed by atoms with van der Waals surface area (Å²) in [4.78, 5) is 21.7. The fraction of sp³-hybridized carbons (Fsp3) is 0.100. The molecule has 2 N–H and O–H groups in total. The van der Waals surface area contributed by atoms with Crippen molar-refractivity contribution in [1.29, 1.82) is 0 Å². The van der Waals surface area contributed by atoms with E-state index in [9.17, 15) is 10.1 Å². The van der Waals surface area contributed by atoms with Gasteiger partial charge in [-0.05, 0) is 28.9 Å². The highest BCUT2D eigenvalue weighted by Gasteiger charge is 2.23. The van der Waals surface area contributed by atoms with Crippen LogP contribution < -0.4 is 10.5 Å². The van der Waals surface area contributed by atoms with Gasteiger partial charge in [0.05, 0.1) is 11.1 Å². The number of nitro groups is 1. The first-order chi connectivity index (χ1) is 8.97. The Hall–Kier alpha value is -2.29. The molecule has 2 aromatic rings. The zero-order valence-corrected chi connectivity index (χ0v) is 11.3. The molecule has 0 spiro atoms. The molecule has 2 rings (SSSR count). The molecule has 0 aliphatic heterocycles. The minimum Gasteiger partial charge on any atom is -0.432 e. The summed E-state index contributed by atoms with van der Waals surface area (Å²) in [6, 6.07) is 1.60. The van der Waals surface area contributed by atoms with Crippen LogP contribution in [0.15, 0.2) is 22.9 Å². The zero-order valence-electron chi connectivity index (χ0n) is 9.70. The minimum absolute atomic E-state index is 0.0962. The van der Waals surface area contributed by atoms with E-state index in [1.165, 1.54) is 13.1 Å². The maximum absolute atomic E-state index is 11.0. The molecule has 98 valence electrons. The van der Waals surface area contributed by atoms with E-state index in [1.807, 2.05) is 0 Å². The number of aromatic nitrogens is 3. The van der Waals surface area contributed by atoms with Gasteiger partial charge in [0.25, 0.3) is 0 Å². The van der Waals surface area contributed by atoms with Gasteiger partial charge >= 0.3 is 11.6 Å². The van der Waals surface area contributed by atoms with Crippen LogP contribution in [0.1, 0.15) is 5.69 Å². The number of nitrogens with zero attached hydrogens (tertiary/aromatic N) is 4. The van der Waals surface area contributed by atoms with Crippen molar-refractivity contribution in [2.24, 2.45) is 0 Å². The summed E-state index contributed by atoms with van der Waals surface area (Å²) in [5, 5.41) is 11.0. The van der Waals surface area contributed by atoms with Gasteiger partial charge in [0, 0.05) is 10.7 Å². The number of pyridine rings is 1. The Balaban J connectivity index is 2.47. The summed E-state index contributed by atoms with van der Waals surface area (Å²) in [6.07, 6.45) is 2.96. The molecule has 2 aromatic heterocycles. The van der Waals surface area contributed by atoms with Gasteiger partial charge in [-0.2, -0.15) is 4.98 Å². The van der Waals surface area contributed by atoms with Crippen molar-refractivity contribution in [3.8, 4) is 11.6 Å². The van der Waals surface area contributed by atoms with E-state index in [0.717, 1.165) is 0 Å². The first kappa shape index (κ1) is 13.1. The van der Waals surface area contributed by atoms with Gasteiger partial charge in [0.2, 0.25) is 5.95 Å². The smallest absolute Gasteiger partial charge is 0.352 e. The van der Waals surface area contributed by atoms with Crippen LogP contribution in [0.25, 0.3) is 0 Å². The van der Waals surface area contributed by atoms with Gasteiger partial charge in [-0.15, -0.1) is 0 Å². The number of nitrogen functional groups attached to an aromatic ring is 1. The lowest BCUT2D eigenvalue weighted by atomic mass is 10.3. The fourth-order valence-corrected chi connectivity index (χ4v) is 1.75. The minimum atomic E-state index is -0.616. The molecule has 0 bridgehead atoms. The molecular weight excluding hydrogens is 318 g/mol. The highest BCUT2D eigenvalue weighted by atomic mass is 79.9. The number of nitrogens with two attached hydrogens (primary N) is 1. The average molecular weight is 326 g/mol. The SMILES string of the molecule is Cc1nc(N)nc(Oc2cncc(Br)c2)c1[N+](=O)[O-]. The second kappa shape index (κ2) is 5.14. The van der Waals surface area contributed by atoms with Crippen LogP contribution in [0.5, 0.6) is 11.6 Å². The molecule has 8 nitrogen and oxygen atoms in total. The van der Waals surface area contributed by atoms with Crippen LogP contribution in [0, 0.1) is 17.0 Å². The van der Waals surface area contributed by atoms with E-state index in [2.05, 4.69) is 30.9 Å². The Bertz CT molecular complexity index is 649. The summed E-state index contributed by atoms with van der Waals surface area (Å²) in [5.41, 5.74) is 5.27. The normalized spacial score (nSPS) is 10.2. The highest BCUT2D eigenvalue weighted by molar-refractivity contribution is 9.10. The highest BCUT2D eigenvalue weighted by Crippen LogP contribution is 2.32. The standard InChI is InChI=1S/C10H8BrN5O3/c1-5-8(16(17)18)9(15-10(12)14-5)19-7-2-6(11)3-13-4-7/h2-4H,1H3,(H2,12,14,15). The van der Waals surface area contributed by atoms with Crippen molar-refractivity contribution in [3.63, 3.8) is 0 Å². The van der Waals surface area contributed by atoms with Gasteiger partial charge in [0.1, 0.15) is 11.4 Å². The number of anilines is 1. The predicted molar refractivity (Wildman–Crippen MR) is 69.8 cm³/mol. The molecule has 0 unspecified atom stereocenters. The average Bonchev–Trinajstić information content (AvgIpc) is 2.26. The van der Waals surface area contributed by atoms with Crippen LogP contribution in [-0.2, 0) is 0 Å². The second-order valence-corrected chi connectivity index (χ2v) is 4.43. The van der Waals surface area contributed by atoms with Crippen molar-refractivity contribution in [2.75, 3.05) is 5.73 Å². The van der Waals surface area contributed by atoms with Gasteiger partial charge in [-0.3, -0.25) is 15.1 Å². The number of hydrogen-bond acceptors (Lipinski definition) is 7. The van der Waals surface area contributed by atoms with Crippen molar-refractivity contribution >= 4 is 27.6 Å². The largest absolute Gasteiger partial charge is 0.432 e. The summed E-state index contributed by atoms with van der Waals surface area (Å²) < 4.78 is 6.02. The molecule has 0 aliphatic rings. The monoisotopic (exact) mass is 325 g/mol. The molecule has 0 aliphatic carbocycles. The van der Waals surface area contributed by atoms with Crippen molar-refractivity contribution < 1.29 is 9.66 Å². The lowest BCUT2D eigenvalue weighted by Gasteiger charge is -2.07. The van der Waals surface area contributed by atoms with Gasteiger partial charge in [-0.25, -0.2) is 4.98 Å². The van der Waals surface area contributed by atoms with E-state index in [4.69, 9.17) is 10.5 Å². The van der Waals surface area contributed by atoms with Crippen molar-refractivity contribution in [2.45, 2.75) is 6.92 Å². The lowest BCUT2D eigenvalue weighted by molar-refractivity contribution is -0.386. The molecule has 2 heterocycles. The fourth-order valence-electron chi connectivity index (χ4n) is 1.40. The third-order valence-electron chi connectivity index (χ3n) is 2.12. The first-order valence-corrected chi connectivity index (χ1v) is 5.83. The quantitative estimate of drug-likeness (QED) is 0.679. The molecule has 0 aromatic carbocycles. The number of aryl methyl sites for hydroxylation is 1. The molecule has 19 heavy (non-hydrogen) atoms. The van der Waals surface area contributed by atoms with E-state index >= 15 is 0 Å². The molecular formula is C10H8BrN5O3. The number of ether oxygens (including phenoxy) is 1. The lowest BCUT2D eigenvalue weighted by Crippen LogP contribution is -2.04.